The SMILES string of the molecule is CCCCCCCPC1CCCCCCCCC1. The summed E-state index contributed by atoms with van der Waals surface area (Å²) in [6, 6.07) is 0. The predicted octanol–water partition coefficient (Wildman–Crippen LogP) is 6.53. The monoisotopic (exact) mass is 270 g/mol. The van der Waals surface area contributed by atoms with Crippen molar-refractivity contribution in [3.8, 4) is 0 Å². The van der Waals surface area contributed by atoms with Crippen LogP contribution in [0.4, 0.5) is 0 Å². The van der Waals surface area contributed by atoms with Crippen LogP contribution in [0.25, 0.3) is 0 Å². The summed E-state index contributed by atoms with van der Waals surface area (Å²) in [7, 11) is 1.28. The van der Waals surface area contributed by atoms with E-state index in [1.54, 1.807) is 12.8 Å². The standard InChI is InChI=1S/C17H35P/c1-2-3-4-10-13-16-18-17-14-11-8-6-5-7-9-12-15-17/h17-18H,2-16H2,1H3. The van der Waals surface area contributed by atoms with Crippen molar-refractivity contribution >= 4 is 8.58 Å². The molecule has 18 heavy (non-hydrogen) atoms. The molecule has 1 aliphatic carbocycles. The Kier molecular flexibility index (Phi) is 11.4. The molecule has 0 N–H and O–H groups in total. The minimum atomic E-state index is 1.11. The second-order valence-electron chi connectivity index (χ2n) is 6.12. The summed E-state index contributed by atoms with van der Waals surface area (Å²) in [6.07, 6.45) is 22.5. The summed E-state index contributed by atoms with van der Waals surface area (Å²) >= 11 is 0. The van der Waals surface area contributed by atoms with E-state index in [0.717, 1.165) is 5.66 Å². The van der Waals surface area contributed by atoms with Crippen LogP contribution in [0.1, 0.15) is 96.8 Å². The molecule has 0 heterocycles. The summed E-state index contributed by atoms with van der Waals surface area (Å²) in [6.45, 7) is 2.31. The molecule has 1 heteroatoms. The smallest absolute Gasteiger partial charge is 0.0237 e. The third-order valence-electron chi connectivity index (χ3n) is 4.32. The third kappa shape index (κ3) is 9.37. The largest absolute Gasteiger partial charge is 0.119 e. The molecule has 1 atom stereocenters. The molecular formula is C17H35P. The fraction of sp³-hybridized carbons (Fsp3) is 1.00. The van der Waals surface area contributed by atoms with Crippen molar-refractivity contribution in [2.24, 2.45) is 0 Å². The van der Waals surface area contributed by atoms with Crippen molar-refractivity contribution < 1.29 is 0 Å². The van der Waals surface area contributed by atoms with Crippen molar-refractivity contribution in [2.75, 3.05) is 6.16 Å². The Morgan fingerprint density at radius 1 is 0.722 bits per heavy atom. The second-order valence-corrected chi connectivity index (χ2v) is 7.84. The minimum absolute atomic E-state index is 1.11. The van der Waals surface area contributed by atoms with Crippen LogP contribution in [0.5, 0.6) is 0 Å². The van der Waals surface area contributed by atoms with Gasteiger partial charge in [-0.15, -0.1) is 8.58 Å². The van der Waals surface area contributed by atoms with Gasteiger partial charge in [0.1, 0.15) is 0 Å². The zero-order valence-corrected chi connectivity index (χ0v) is 13.7. The van der Waals surface area contributed by atoms with Crippen molar-refractivity contribution in [3.05, 3.63) is 0 Å². The normalized spacial score (nSPS) is 20.5. The van der Waals surface area contributed by atoms with Gasteiger partial charge < -0.3 is 0 Å². The number of hydrogen-bond donors (Lipinski definition) is 0. The van der Waals surface area contributed by atoms with Crippen LogP contribution < -0.4 is 0 Å². The van der Waals surface area contributed by atoms with Gasteiger partial charge >= 0.3 is 0 Å². The Labute approximate surface area is 117 Å². The van der Waals surface area contributed by atoms with E-state index in [2.05, 4.69) is 6.92 Å². The summed E-state index contributed by atoms with van der Waals surface area (Å²) in [4.78, 5) is 0. The maximum Gasteiger partial charge on any atom is -0.0237 e. The molecule has 1 aliphatic rings. The lowest BCUT2D eigenvalue weighted by Gasteiger charge is -2.18. The molecule has 0 spiro atoms. The van der Waals surface area contributed by atoms with E-state index in [1.807, 2.05) is 0 Å². The molecular weight excluding hydrogens is 235 g/mol. The first-order valence-electron chi connectivity index (χ1n) is 8.67. The quantitative estimate of drug-likeness (QED) is 0.364. The van der Waals surface area contributed by atoms with Crippen LogP contribution in [0, 0.1) is 0 Å². The molecule has 0 nitrogen and oxygen atoms in total. The zero-order valence-electron chi connectivity index (χ0n) is 12.7. The van der Waals surface area contributed by atoms with E-state index in [0.29, 0.717) is 0 Å². The average molecular weight is 270 g/mol. The maximum atomic E-state index is 2.31. The first-order valence-corrected chi connectivity index (χ1v) is 9.95. The fourth-order valence-electron chi connectivity index (χ4n) is 3.05. The minimum Gasteiger partial charge on any atom is -0.119 e. The van der Waals surface area contributed by atoms with E-state index in [4.69, 9.17) is 0 Å². The Bertz CT molecular complexity index is 157. The first-order chi connectivity index (χ1) is 8.93. The van der Waals surface area contributed by atoms with Gasteiger partial charge in [-0.1, -0.05) is 77.6 Å². The van der Waals surface area contributed by atoms with Gasteiger partial charge in [-0.3, -0.25) is 0 Å². The van der Waals surface area contributed by atoms with Crippen LogP contribution in [0.3, 0.4) is 0 Å². The second kappa shape index (κ2) is 12.5. The lowest BCUT2D eigenvalue weighted by atomic mass is 10.0. The van der Waals surface area contributed by atoms with Crippen molar-refractivity contribution in [3.63, 3.8) is 0 Å². The van der Waals surface area contributed by atoms with E-state index >= 15 is 0 Å². The molecule has 1 saturated carbocycles. The van der Waals surface area contributed by atoms with Crippen LogP contribution in [0.15, 0.2) is 0 Å². The highest BCUT2D eigenvalue weighted by Gasteiger charge is 2.09. The molecule has 0 saturated heterocycles. The highest BCUT2D eigenvalue weighted by molar-refractivity contribution is 7.38. The van der Waals surface area contributed by atoms with Crippen molar-refractivity contribution in [2.45, 2.75) is 102 Å². The van der Waals surface area contributed by atoms with Gasteiger partial charge in [0.2, 0.25) is 0 Å². The molecule has 108 valence electrons. The van der Waals surface area contributed by atoms with Gasteiger partial charge in [-0.2, -0.15) is 0 Å². The maximum absolute atomic E-state index is 2.31. The van der Waals surface area contributed by atoms with Gasteiger partial charge in [0.05, 0.1) is 0 Å². The van der Waals surface area contributed by atoms with Gasteiger partial charge in [0, 0.05) is 0 Å². The van der Waals surface area contributed by atoms with Crippen LogP contribution >= 0.6 is 8.58 Å². The topological polar surface area (TPSA) is 0 Å². The van der Waals surface area contributed by atoms with E-state index < -0.39 is 0 Å². The lowest BCUT2D eigenvalue weighted by Crippen LogP contribution is -2.03. The van der Waals surface area contributed by atoms with Crippen molar-refractivity contribution in [1.29, 1.82) is 0 Å². The molecule has 0 radical (unpaired) electrons. The molecule has 0 aliphatic heterocycles. The molecule has 1 fully saturated rings. The Balaban J connectivity index is 2.02. The molecule has 1 unspecified atom stereocenters. The molecule has 0 aromatic carbocycles. The van der Waals surface area contributed by atoms with Gasteiger partial charge in [0.15, 0.2) is 0 Å². The molecule has 0 aromatic rings. The highest BCUT2D eigenvalue weighted by Crippen LogP contribution is 2.31. The Morgan fingerprint density at radius 3 is 1.89 bits per heavy atom. The van der Waals surface area contributed by atoms with E-state index in [1.165, 1.54) is 91.8 Å². The Morgan fingerprint density at radius 2 is 1.28 bits per heavy atom. The van der Waals surface area contributed by atoms with Gasteiger partial charge in [-0.25, -0.2) is 0 Å². The van der Waals surface area contributed by atoms with Gasteiger partial charge in [0.25, 0.3) is 0 Å². The molecule has 0 amide bonds. The molecule has 0 bridgehead atoms. The third-order valence-corrected chi connectivity index (χ3v) is 6.12. The lowest BCUT2D eigenvalue weighted by molar-refractivity contribution is 0.509. The molecule has 0 aromatic heterocycles. The van der Waals surface area contributed by atoms with Crippen LogP contribution in [-0.2, 0) is 0 Å². The summed E-state index contributed by atoms with van der Waals surface area (Å²) in [5.41, 5.74) is 1.11. The summed E-state index contributed by atoms with van der Waals surface area (Å²) in [5.74, 6) is 0. The summed E-state index contributed by atoms with van der Waals surface area (Å²) in [5, 5.41) is 0. The predicted molar refractivity (Wildman–Crippen MR) is 87.3 cm³/mol. The van der Waals surface area contributed by atoms with Crippen molar-refractivity contribution in [1.82, 2.24) is 0 Å². The highest BCUT2D eigenvalue weighted by atomic mass is 31.1. The van der Waals surface area contributed by atoms with Crippen LogP contribution in [0.2, 0.25) is 0 Å². The van der Waals surface area contributed by atoms with Gasteiger partial charge in [-0.05, 0) is 31.1 Å². The van der Waals surface area contributed by atoms with E-state index in [9.17, 15) is 0 Å². The summed E-state index contributed by atoms with van der Waals surface area (Å²) < 4.78 is 0. The molecule has 1 rings (SSSR count). The van der Waals surface area contributed by atoms with Crippen LogP contribution in [-0.4, -0.2) is 11.8 Å². The zero-order chi connectivity index (χ0) is 12.9. The first kappa shape index (κ1) is 16.5. The Hall–Kier alpha value is 0.430. The average Bonchev–Trinajstić information content (AvgIpc) is 2.41. The number of hydrogen-bond acceptors (Lipinski definition) is 0. The number of unbranched alkanes of at least 4 members (excludes halogenated alkanes) is 4. The fourth-order valence-corrected chi connectivity index (χ4v) is 4.73. The van der Waals surface area contributed by atoms with E-state index in [-0.39, 0.29) is 0 Å². The number of rotatable bonds is 7.